The standard InChI is InChI=1S/C21H33N3O4S/c1-18-7-8-19(29(26,27)24-11-4-2-3-5-12-24)17-20(18)21(25)22-9-6-10-23-13-15-28-16-14-23/h7-8,17H,2-6,9-16H2,1H3,(H,22,25). The maximum atomic E-state index is 13.0. The molecular formula is C21H33N3O4S. The number of sulfonamides is 1. The number of nitrogens with one attached hydrogen (secondary N) is 1. The van der Waals surface area contributed by atoms with Gasteiger partial charge in [-0.15, -0.1) is 0 Å². The molecule has 0 bridgehead atoms. The zero-order chi connectivity index (χ0) is 20.7. The molecule has 0 radical (unpaired) electrons. The van der Waals surface area contributed by atoms with Crippen LogP contribution in [0.5, 0.6) is 0 Å². The molecule has 162 valence electrons. The maximum absolute atomic E-state index is 13.0. The average molecular weight is 424 g/mol. The molecule has 8 heteroatoms. The predicted octanol–water partition coefficient (Wildman–Crippen LogP) is 2.01. The molecule has 3 rings (SSSR count). The Hall–Kier alpha value is -1.48. The van der Waals surface area contributed by atoms with Gasteiger partial charge >= 0.3 is 0 Å². The summed E-state index contributed by atoms with van der Waals surface area (Å²) in [4.78, 5) is 15.2. The van der Waals surface area contributed by atoms with Gasteiger partial charge in [-0.1, -0.05) is 18.9 Å². The monoisotopic (exact) mass is 423 g/mol. The molecule has 2 saturated heterocycles. The summed E-state index contributed by atoms with van der Waals surface area (Å²) in [7, 11) is -3.56. The summed E-state index contributed by atoms with van der Waals surface area (Å²) in [6.07, 6.45) is 4.77. The Morgan fingerprint density at radius 3 is 2.45 bits per heavy atom. The predicted molar refractivity (Wildman–Crippen MR) is 113 cm³/mol. The second-order valence-electron chi connectivity index (χ2n) is 7.86. The van der Waals surface area contributed by atoms with E-state index in [0.717, 1.165) is 70.5 Å². The zero-order valence-electron chi connectivity index (χ0n) is 17.4. The molecule has 0 saturated carbocycles. The fourth-order valence-corrected chi connectivity index (χ4v) is 5.41. The fourth-order valence-electron chi connectivity index (χ4n) is 3.86. The number of benzene rings is 1. The summed E-state index contributed by atoms with van der Waals surface area (Å²) in [6, 6.07) is 4.88. The van der Waals surface area contributed by atoms with Crippen molar-refractivity contribution in [1.82, 2.24) is 14.5 Å². The van der Waals surface area contributed by atoms with E-state index in [1.807, 2.05) is 6.92 Å². The van der Waals surface area contributed by atoms with E-state index >= 15 is 0 Å². The largest absolute Gasteiger partial charge is 0.379 e. The molecule has 29 heavy (non-hydrogen) atoms. The van der Waals surface area contributed by atoms with Crippen LogP contribution in [0.4, 0.5) is 0 Å². The van der Waals surface area contributed by atoms with Gasteiger partial charge in [-0.25, -0.2) is 8.42 Å². The third-order valence-corrected chi connectivity index (χ3v) is 7.59. The van der Waals surface area contributed by atoms with Crippen LogP contribution < -0.4 is 5.32 Å². The number of amides is 1. The minimum Gasteiger partial charge on any atom is -0.379 e. The Kier molecular flexibility index (Phi) is 8.06. The van der Waals surface area contributed by atoms with Crippen molar-refractivity contribution in [3.05, 3.63) is 29.3 Å². The number of morpholine rings is 1. The van der Waals surface area contributed by atoms with Gasteiger partial charge in [-0.3, -0.25) is 9.69 Å². The lowest BCUT2D eigenvalue weighted by molar-refractivity contribution is 0.0374. The summed E-state index contributed by atoms with van der Waals surface area (Å²) < 4.78 is 33.0. The minimum absolute atomic E-state index is 0.211. The fraction of sp³-hybridized carbons (Fsp3) is 0.667. The van der Waals surface area contributed by atoms with Gasteiger partial charge in [-0.2, -0.15) is 4.31 Å². The summed E-state index contributed by atoms with van der Waals surface area (Å²) >= 11 is 0. The summed E-state index contributed by atoms with van der Waals surface area (Å²) in [5.74, 6) is -0.211. The first-order valence-corrected chi connectivity index (χ1v) is 12.1. The van der Waals surface area contributed by atoms with E-state index in [-0.39, 0.29) is 10.8 Å². The highest BCUT2D eigenvalue weighted by Crippen LogP contribution is 2.22. The highest BCUT2D eigenvalue weighted by molar-refractivity contribution is 7.89. The van der Waals surface area contributed by atoms with E-state index in [9.17, 15) is 13.2 Å². The number of rotatable bonds is 7. The molecule has 1 N–H and O–H groups in total. The molecule has 2 fully saturated rings. The first kappa shape index (κ1) is 22.2. The lowest BCUT2D eigenvalue weighted by atomic mass is 10.1. The van der Waals surface area contributed by atoms with Crippen molar-refractivity contribution in [1.29, 1.82) is 0 Å². The number of aryl methyl sites for hydroxylation is 1. The van der Waals surface area contributed by atoms with E-state index in [1.165, 1.54) is 6.07 Å². The summed E-state index contributed by atoms with van der Waals surface area (Å²) in [5, 5.41) is 2.94. The van der Waals surface area contributed by atoms with Crippen LogP contribution in [0.25, 0.3) is 0 Å². The second-order valence-corrected chi connectivity index (χ2v) is 9.80. The van der Waals surface area contributed by atoms with Gasteiger partial charge in [0.05, 0.1) is 18.1 Å². The molecule has 0 aliphatic carbocycles. The highest BCUT2D eigenvalue weighted by atomic mass is 32.2. The van der Waals surface area contributed by atoms with Crippen LogP contribution in [-0.4, -0.2) is 76.0 Å². The normalized spacial score (nSPS) is 19.6. The minimum atomic E-state index is -3.56. The Bertz CT molecular complexity index is 783. The van der Waals surface area contributed by atoms with E-state index in [1.54, 1.807) is 16.4 Å². The van der Waals surface area contributed by atoms with Crippen molar-refractivity contribution in [2.75, 3.05) is 52.5 Å². The molecule has 0 atom stereocenters. The van der Waals surface area contributed by atoms with E-state index in [2.05, 4.69) is 10.2 Å². The molecule has 0 spiro atoms. The molecule has 0 unspecified atom stereocenters. The second kappa shape index (κ2) is 10.5. The SMILES string of the molecule is Cc1ccc(S(=O)(=O)N2CCCCCC2)cc1C(=O)NCCCN1CCOCC1. The number of hydrogen-bond acceptors (Lipinski definition) is 5. The van der Waals surface area contributed by atoms with Crippen LogP contribution in [-0.2, 0) is 14.8 Å². The van der Waals surface area contributed by atoms with Gasteiger partial charge in [-0.05, 0) is 50.4 Å². The first-order valence-electron chi connectivity index (χ1n) is 10.7. The molecule has 1 aromatic carbocycles. The topological polar surface area (TPSA) is 79.0 Å². The van der Waals surface area contributed by atoms with E-state index in [0.29, 0.717) is 25.2 Å². The maximum Gasteiger partial charge on any atom is 0.251 e. The van der Waals surface area contributed by atoms with Crippen molar-refractivity contribution in [3.63, 3.8) is 0 Å². The molecule has 2 aliphatic rings. The molecule has 2 aliphatic heterocycles. The van der Waals surface area contributed by atoms with Crippen LogP contribution in [0.15, 0.2) is 23.1 Å². The highest BCUT2D eigenvalue weighted by Gasteiger charge is 2.26. The van der Waals surface area contributed by atoms with Crippen LogP contribution in [0.1, 0.15) is 48.0 Å². The Labute approximate surface area is 174 Å². The Morgan fingerprint density at radius 2 is 1.76 bits per heavy atom. The van der Waals surface area contributed by atoms with Gasteiger partial charge < -0.3 is 10.1 Å². The number of carbonyl (C=O) groups excluding carboxylic acids is 1. The van der Waals surface area contributed by atoms with Crippen molar-refractivity contribution in [3.8, 4) is 0 Å². The van der Waals surface area contributed by atoms with E-state index < -0.39 is 10.0 Å². The van der Waals surface area contributed by atoms with Crippen LogP contribution in [0, 0.1) is 6.92 Å². The van der Waals surface area contributed by atoms with Crippen molar-refractivity contribution in [2.45, 2.75) is 43.9 Å². The van der Waals surface area contributed by atoms with Crippen LogP contribution in [0.2, 0.25) is 0 Å². The zero-order valence-corrected chi connectivity index (χ0v) is 18.2. The van der Waals surface area contributed by atoms with Crippen LogP contribution in [0.3, 0.4) is 0 Å². The average Bonchev–Trinajstić information content (AvgIpc) is 3.02. The van der Waals surface area contributed by atoms with Crippen molar-refractivity contribution < 1.29 is 17.9 Å². The van der Waals surface area contributed by atoms with Crippen molar-refractivity contribution in [2.24, 2.45) is 0 Å². The number of nitrogens with zero attached hydrogens (tertiary/aromatic N) is 2. The molecular weight excluding hydrogens is 390 g/mol. The number of carbonyl (C=O) groups is 1. The molecule has 1 aromatic rings. The number of hydrogen-bond donors (Lipinski definition) is 1. The smallest absolute Gasteiger partial charge is 0.251 e. The summed E-state index contributed by atoms with van der Waals surface area (Å²) in [5.41, 5.74) is 1.22. The van der Waals surface area contributed by atoms with Crippen LogP contribution >= 0.6 is 0 Å². The Balaban J connectivity index is 1.60. The molecule has 7 nitrogen and oxygen atoms in total. The van der Waals surface area contributed by atoms with E-state index in [4.69, 9.17) is 4.74 Å². The van der Waals surface area contributed by atoms with Gasteiger partial charge in [0.2, 0.25) is 10.0 Å². The first-order chi connectivity index (χ1) is 14.0. The molecule has 2 heterocycles. The lowest BCUT2D eigenvalue weighted by Gasteiger charge is -2.26. The van der Waals surface area contributed by atoms with Crippen molar-refractivity contribution >= 4 is 15.9 Å². The lowest BCUT2D eigenvalue weighted by Crippen LogP contribution is -2.38. The quantitative estimate of drug-likeness (QED) is 0.679. The Morgan fingerprint density at radius 1 is 1.07 bits per heavy atom. The molecule has 0 aromatic heterocycles. The van der Waals surface area contributed by atoms with Gasteiger partial charge in [0.1, 0.15) is 0 Å². The van der Waals surface area contributed by atoms with Gasteiger partial charge in [0, 0.05) is 38.3 Å². The van der Waals surface area contributed by atoms with Gasteiger partial charge in [0.15, 0.2) is 0 Å². The third kappa shape index (κ3) is 6.01. The third-order valence-electron chi connectivity index (χ3n) is 5.70. The molecule has 1 amide bonds. The van der Waals surface area contributed by atoms with Gasteiger partial charge in [0.25, 0.3) is 5.91 Å². The number of ether oxygens (including phenoxy) is 1. The summed E-state index contributed by atoms with van der Waals surface area (Å²) in [6.45, 7) is 7.84.